The van der Waals surface area contributed by atoms with Crippen molar-refractivity contribution in [1.82, 2.24) is 4.98 Å². The summed E-state index contributed by atoms with van der Waals surface area (Å²) >= 11 is 0. The molecule has 3 nitrogen and oxygen atoms in total. The van der Waals surface area contributed by atoms with Gasteiger partial charge in [0, 0.05) is 31.0 Å². The van der Waals surface area contributed by atoms with Crippen molar-refractivity contribution >= 4 is 5.69 Å². The van der Waals surface area contributed by atoms with Crippen LogP contribution in [0.1, 0.15) is 11.3 Å². The maximum Gasteiger partial charge on any atom is 0.142 e. The molecule has 0 saturated carbocycles. The Kier molecular flexibility index (Phi) is 3.54. The second kappa shape index (κ2) is 5.28. The van der Waals surface area contributed by atoms with E-state index in [-0.39, 0.29) is 5.82 Å². The van der Waals surface area contributed by atoms with Crippen molar-refractivity contribution in [2.24, 2.45) is 0 Å². The first kappa shape index (κ1) is 12.1. The standard InChI is InChI=1S/C14H12FN3/c1-18(10-11-4-2-3-5-14(11)15)13-6-7-17-12(8-13)9-16/h2-8H,10H2,1H3. The lowest BCUT2D eigenvalue weighted by molar-refractivity contribution is 0.608. The monoisotopic (exact) mass is 241 g/mol. The quantitative estimate of drug-likeness (QED) is 0.829. The van der Waals surface area contributed by atoms with Gasteiger partial charge in [0.05, 0.1) is 0 Å². The van der Waals surface area contributed by atoms with Crippen LogP contribution in [0.15, 0.2) is 42.6 Å². The first-order valence-corrected chi connectivity index (χ1v) is 5.51. The first-order valence-electron chi connectivity index (χ1n) is 5.51. The zero-order chi connectivity index (χ0) is 13.0. The maximum absolute atomic E-state index is 13.5. The molecule has 1 aromatic heterocycles. The molecule has 0 fully saturated rings. The molecular formula is C14H12FN3. The summed E-state index contributed by atoms with van der Waals surface area (Å²) in [4.78, 5) is 5.78. The number of anilines is 1. The Morgan fingerprint density at radius 2 is 2.11 bits per heavy atom. The van der Waals surface area contributed by atoms with Crippen molar-refractivity contribution in [1.29, 1.82) is 5.26 Å². The molecule has 4 heteroatoms. The molecular weight excluding hydrogens is 229 g/mol. The molecule has 0 bridgehead atoms. The van der Waals surface area contributed by atoms with Gasteiger partial charge in [0.2, 0.25) is 0 Å². The van der Waals surface area contributed by atoms with E-state index >= 15 is 0 Å². The van der Waals surface area contributed by atoms with Crippen LogP contribution in [0.5, 0.6) is 0 Å². The van der Waals surface area contributed by atoms with Gasteiger partial charge in [0.15, 0.2) is 0 Å². The van der Waals surface area contributed by atoms with Crippen LogP contribution in [-0.2, 0) is 6.54 Å². The fourth-order valence-electron chi connectivity index (χ4n) is 1.69. The van der Waals surface area contributed by atoms with Crippen molar-refractivity contribution in [2.75, 3.05) is 11.9 Å². The highest BCUT2D eigenvalue weighted by Crippen LogP contribution is 2.17. The summed E-state index contributed by atoms with van der Waals surface area (Å²) in [5, 5.41) is 8.79. The lowest BCUT2D eigenvalue weighted by atomic mass is 10.2. The fourth-order valence-corrected chi connectivity index (χ4v) is 1.69. The number of hydrogen-bond donors (Lipinski definition) is 0. The third-order valence-electron chi connectivity index (χ3n) is 2.66. The van der Waals surface area contributed by atoms with E-state index in [4.69, 9.17) is 5.26 Å². The highest BCUT2D eigenvalue weighted by Gasteiger charge is 2.06. The highest BCUT2D eigenvalue weighted by atomic mass is 19.1. The number of nitriles is 1. The molecule has 0 unspecified atom stereocenters. The van der Waals surface area contributed by atoms with E-state index in [2.05, 4.69) is 4.98 Å². The van der Waals surface area contributed by atoms with E-state index in [0.29, 0.717) is 17.8 Å². The Balaban J connectivity index is 2.20. The van der Waals surface area contributed by atoms with Crippen molar-refractivity contribution in [2.45, 2.75) is 6.54 Å². The van der Waals surface area contributed by atoms with Crippen LogP contribution in [0.3, 0.4) is 0 Å². The van der Waals surface area contributed by atoms with Crippen LogP contribution < -0.4 is 4.90 Å². The highest BCUT2D eigenvalue weighted by molar-refractivity contribution is 5.48. The number of aromatic nitrogens is 1. The van der Waals surface area contributed by atoms with Gasteiger partial charge in [0.25, 0.3) is 0 Å². The third-order valence-corrected chi connectivity index (χ3v) is 2.66. The average Bonchev–Trinajstić information content (AvgIpc) is 2.41. The predicted octanol–water partition coefficient (Wildman–Crippen LogP) is 2.73. The summed E-state index contributed by atoms with van der Waals surface area (Å²) in [7, 11) is 1.85. The molecule has 90 valence electrons. The van der Waals surface area contributed by atoms with Crippen LogP contribution in [0.25, 0.3) is 0 Å². The summed E-state index contributed by atoms with van der Waals surface area (Å²) in [5.41, 5.74) is 1.81. The molecule has 2 aromatic rings. The topological polar surface area (TPSA) is 39.9 Å². The summed E-state index contributed by atoms with van der Waals surface area (Å²) < 4.78 is 13.5. The van der Waals surface area contributed by atoms with Crippen LogP contribution in [0.4, 0.5) is 10.1 Å². The number of halogens is 1. The Hall–Kier alpha value is -2.41. The molecule has 0 radical (unpaired) electrons. The number of benzene rings is 1. The average molecular weight is 241 g/mol. The molecule has 2 rings (SSSR count). The molecule has 0 spiro atoms. The lowest BCUT2D eigenvalue weighted by Crippen LogP contribution is -2.17. The Labute approximate surface area is 105 Å². The Morgan fingerprint density at radius 1 is 1.33 bits per heavy atom. The third kappa shape index (κ3) is 2.64. The van der Waals surface area contributed by atoms with Crippen molar-refractivity contribution in [3.8, 4) is 6.07 Å². The van der Waals surface area contributed by atoms with Gasteiger partial charge in [-0.25, -0.2) is 9.37 Å². The zero-order valence-corrected chi connectivity index (χ0v) is 9.97. The van der Waals surface area contributed by atoms with E-state index in [1.165, 1.54) is 6.07 Å². The van der Waals surface area contributed by atoms with Gasteiger partial charge >= 0.3 is 0 Å². The summed E-state index contributed by atoms with van der Waals surface area (Å²) in [6.45, 7) is 0.446. The minimum Gasteiger partial charge on any atom is -0.370 e. The first-order chi connectivity index (χ1) is 8.70. The molecule has 0 amide bonds. The van der Waals surface area contributed by atoms with Gasteiger partial charge < -0.3 is 4.90 Å². The number of hydrogen-bond acceptors (Lipinski definition) is 3. The van der Waals surface area contributed by atoms with Gasteiger partial charge in [0.1, 0.15) is 17.6 Å². The van der Waals surface area contributed by atoms with E-state index in [9.17, 15) is 4.39 Å². The molecule has 0 aliphatic rings. The van der Waals surface area contributed by atoms with E-state index in [0.717, 1.165) is 5.69 Å². The molecule has 0 aliphatic heterocycles. The van der Waals surface area contributed by atoms with E-state index in [1.54, 1.807) is 36.5 Å². The maximum atomic E-state index is 13.5. The van der Waals surface area contributed by atoms with Crippen LogP contribution in [-0.4, -0.2) is 12.0 Å². The van der Waals surface area contributed by atoms with Gasteiger partial charge in [-0.2, -0.15) is 5.26 Å². The van der Waals surface area contributed by atoms with Crippen molar-refractivity contribution in [3.05, 3.63) is 59.7 Å². The van der Waals surface area contributed by atoms with Gasteiger partial charge in [-0.1, -0.05) is 18.2 Å². The molecule has 0 atom stereocenters. The smallest absolute Gasteiger partial charge is 0.142 e. The predicted molar refractivity (Wildman–Crippen MR) is 67.5 cm³/mol. The largest absolute Gasteiger partial charge is 0.370 e. The molecule has 1 heterocycles. The summed E-state index contributed by atoms with van der Waals surface area (Å²) in [5.74, 6) is -0.223. The van der Waals surface area contributed by atoms with Crippen molar-refractivity contribution in [3.63, 3.8) is 0 Å². The number of rotatable bonds is 3. The SMILES string of the molecule is CN(Cc1ccccc1F)c1ccnc(C#N)c1. The van der Waals surface area contributed by atoms with Crippen molar-refractivity contribution < 1.29 is 4.39 Å². The minimum absolute atomic E-state index is 0.223. The Bertz CT molecular complexity index is 590. The second-order valence-corrected chi connectivity index (χ2v) is 3.96. The fraction of sp³-hybridized carbons (Fsp3) is 0.143. The zero-order valence-electron chi connectivity index (χ0n) is 9.97. The number of pyridine rings is 1. The lowest BCUT2D eigenvalue weighted by Gasteiger charge is -2.19. The van der Waals surface area contributed by atoms with Crippen LogP contribution in [0.2, 0.25) is 0 Å². The molecule has 0 aliphatic carbocycles. The van der Waals surface area contributed by atoms with Crippen LogP contribution >= 0.6 is 0 Å². The Morgan fingerprint density at radius 3 is 2.83 bits per heavy atom. The number of nitrogens with zero attached hydrogens (tertiary/aromatic N) is 3. The van der Waals surface area contributed by atoms with Gasteiger partial charge in [-0.05, 0) is 18.2 Å². The summed E-state index contributed by atoms with van der Waals surface area (Å²) in [6.07, 6.45) is 1.58. The molecule has 0 N–H and O–H groups in total. The van der Waals surface area contributed by atoms with Crippen LogP contribution in [0, 0.1) is 17.1 Å². The van der Waals surface area contributed by atoms with E-state index < -0.39 is 0 Å². The van der Waals surface area contributed by atoms with Gasteiger partial charge in [-0.3, -0.25) is 0 Å². The second-order valence-electron chi connectivity index (χ2n) is 3.96. The molecule has 18 heavy (non-hydrogen) atoms. The van der Waals surface area contributed by atoms with E-state index in [1.807, 2.05) is 18.0 Å². The molecule has 0 saturated heterocycles. The normalized spacial score (nSPS) is 9.83. The minimum atomic E-state index is -0.223. The van der Waals surface area contributed by atoms with Gasteiger partial charge in [-0.15, -0.1) is 0 Å². The molecule has 1 aromatic carbocycles. The summed E-state index contributed by atoms with van der Waals surface area (Å²) in [6, 6.07) is 12.1.